The SMILES string of the molecule is Fc1ccc(-c2nnc(CNc3cccc(Cl)c3)o2)cc1. The number of halogens is 2. The van der Waals surface area contributed by atoms with Crippen LogP contribution in [-0.4, -0.2) is 10.2 Å². The van der Waals surface area contributed by atoms with Crippen molar-refractivity contribution in [3.05, 3.63) is 65.3 Å². The smallest absolute Gasteiger partial charge is 0.247 e. The predicted octanol–water partition coefficient (Wildman–Crippen LogP) is 4.14. The van der Waals surface area contributed by atoms with Crippen LogP contribution in [0.25, 0.3) is 11.5 Å². The third-order valence-corrected chi connectivity index (χ3v) is 3.06. The highest BCUT2D eigenvalue weighted by Crippen LogP contribution is 2.19. The minimum atomic E-state index is -0.305. The van der Waals surface area contributed by atoms with Crippen LogP contribution in [0.4, 0.5) is 10.1 Å². The summed E-state index contributed by atoms with van der Waals surface area (Å²) in [6, 6.07) is 13.2. The maximum atomic E-state index is 12.9. The molecule has 3 aromatic rings. The first-order valence-corrected chi connectivity index (χ1v) is 6.66. The van der Waals surface area contributed by atoms with Gasteiger partial charge in [0.05, 0.1) is 6.54 Å². The molecule has 0 unspecified atom stereocenters. The second kappa shape index (κ2) is 5.93. The van der Waals surface area contributed by atoms with Crippen molar-refractivity contribution in [3.8, 4) is 11.5 Å². The zero-order valence-corrected chi connectivity index (χ0v) is 11.6. The second-order valence-corrected chi connectivity index (χ2v) is 4.81. The molecule has 0 aliphatic rings. The van der Waals surface area contributed by atoms with Gasteiger partial charge in [0, 0.05) is 16.3 Å². The van der Waals surface area contributed by atoms with E-state index in [-0.39, 0.29) is 5.82 Å². The first-order chi connectivity index (χ1) is 10.2. The molecule has 21 heavy (non-hydrogen) atoms. The molecule has 0 aliphatic carbocycles. The molecule has 1 aromatic heterocycles. The van der Waals surface area contributed by atoms with E-state index in [4.69, 9.17) is 16.0 Å². The minimum Gasteiger partial charge on any atom is -0.419 e. The fourth-order valence-corrected chi connectivity index (χ4v) is 2.00. The van der Waals surface area contributed by atoms with Gasteiger partial charge in [0.1, 0.15) is 5.82 Å². The van der Waals surface area contributed by atoms with E-state index in [0.29, 0.717) is 28.9 Å². The molecule has 0 aliphatic heterocycles. The lowest BCUT2D eigenvalue weighted by molar-refractivity contribution is 0.515. The largest absolute Gasteiger partial charge is 0.419 e. The van der Waals surface area contributed by atoms with E-state index in [9.17, 15) is 4.39 Å². The Morgan fingerprint density at radius 3 is 2.67 bits per heavy atom. The van der Waals surface area contributed by atoms with Crippen molar-refractivity contribution in [3.63, 3.8) is 0 Å². The zero-order valence-electron chi connectivity index (χ0n) is 10.9. The lowest BCUT2D eigenvalue weighted by Gasteiger charge is -2.03. The molecule has 2 aromatic carbocycles. The molecule has 0 saturated heterocycles. The van der Waals surface area contributed by atoms with Gasteiger partial charge in [0.15, 0.2) is 0 Å². The van der Waals surface area contributed by atoms with Gasteiger partial charge in [0.25, 0.3) is 0 Å². The van der Waals surface area contributed by atoms with Crippen molar-refractivity contribution < 1.29 is 8.81 Å². The standard InChI is InChI=1S/C15H11ClFN3O/c16-11-2-1-3-13(8-11)18-9-14-19-20-15(21-14)10-4-6-12(17)7-5-10/h1-8,18H,9H2. The summed E-state index contributed by atoms with van der Waals surface area (Å²) in [6.45, 7) is 0.383. The molecule has 1 heterocycles. The first kappa shape index (κ1) is 13.6. The van der Waals surface area contributed by atoms with E-state index in [1.54, 1.807) is 24.3 Å². The van der Waals surface area contributed by atoms with Crippen LogP contribution in [0.2, 0.25) is 5.02 Å². The van der Waals surface area contributed by atoms with Gasteiger partial charge in [-0.2, -0.15) is 0 Å². The molecule has 3 rings (SSSR count). The molecule has 1 N–H and O–H groups in total. The van der Waals surface area contributed by atoms with Crippen molar-refractivity contribution in [1.29, 1.82) is 0 Å². The van der Waals surface area contributed by atoms with E-state index in [2.05, 4.69) is 15.5 Å². The first-order valence-electron chi connectivity index (χ1n) is 6.28. The Hall–Kier alpha value is -2.40. The molecule has 0 radical (unpaired) electrons. The lowest BCUT2D eigenvalue weighted by atomic mass is 10.2. The Balaban J connectivity index is 1.69. The fourth-order valence-electron chi connectivity index (χ4n) is 1.81. The summed E-state index contributed by atoms with van der Waals surface area (Å²) in [5.41, 5.74) is 1.54. The van der Waals surface area contributed by atoms with Gasteiger partial charge in [-0.15, -0.1) is 10.2 Å². The lowest BCUT2D eigenvalue weighted by Crippen LogP contribution is -1.99. The number of hydrogen-bond acceptors (Lipinski definition) is 4. The molecule has 0 fully saturated rings. The predicted molar refractivity (Wildman–Crippen MR) is 78.5 cm³/mol. The Labute approximate surface area is 125 Å². The van der Waals surface area contributed by atoms with Crippen LogP contribution in [0.5, 0.6) is 0 Å². The van der Waals surface area contributed by atoms with Crippen LogP contribution in [0, 0.1) is 5.82 Å². The summed E-state index contributed by atoms with van der Waals surface area (Å²) in [5, 5.41) is 11.7. The average molecular weight is 304 g/mol. The summed E-state index contributed by atoms with van der Waals surface area (Å²) in [5.74, 6) is 0.494. The van der Waals surface area contributed by atoms with E-state index in [1.165, 1.54) is 12.1 Å². The summed E-state index contributed by atoms with van der Waals surface area (Å²) in [6.07, 6.45) is 0. The van der Waals surface area contributed by atoms with Crippen LogP contribution in [0.3, 0.4) is 0 Å². The summed E-state index contributed by atoms with van der Waals surface area (Å²) in [7, 11) is 0. The zero-order chi connectivity index (χ0) is 14.7. The highest BCUT2D eigenvalue weighted by molar-refractivity contribution is 6.30. The monoisotopic (exact) mass is 303 g/mol. The van der Waals surface area contributed by atoms with Gasteiger partial charge in [0.2, 0.25) is 11.8 Å². The maximum absolute atomic E-state index is 12.9. The number of hydrogen-bond donors (Lipinski definition) is 1. The highest BCUT2D eigenvalue weighted by atomic mass is 35.5. The number of rotatable bonds is 4. The maximum Gasteiger partial charge on any atom is 0.247 e. The van der Waals surface area contributed by atoms with E-state index < -0.39 is 0 Å². The normalized spacial score (nSPS) is 10.6. The third kappa shape index (κ3) is 3.38. The molecule has 4 nitrogen and oxygen atoms in total. The van der Waals surface area contributed by atoms with Gasteiger partial charge in [-0.1, -0.05) is 17.7 Å². The van der Waals surface area contributed by atoms with Crippen LogP contribution < -0.4 is 5.32 Å². The van der Waals surface area contributed by atoms with Gasteiger partial charge in [-0.25, -0.2) is 4.39 Å². The van der Waals surface area contributed by atoms with Crippen LogP contribution in [-0.2, 0) is 6.54 Å². The van der Waals surface area contributed by atoms with Gasteiger partial charge < -0.3 is 9.73 Å². The number of aromatic nitrogens is 2. The van der Waals surface area contributed by atoms with Crippen LogP contribution in [0.1, 0.15) is 5.89 Å². The summed E-state index contributed by atoms with van der Waals surface area (Å²) in [4.78, 5) is 0. The van der Waals surface area contributed by atoms with E-state index >= 15 is 0 Å². The molecular formula is C15H11ClFN3O. The van der Waals surface area contributed by atoms with Crippen LogP contribution in [0.15, 0.2) is 52.9 Å². The molecule has 0 saturated carbocycles. The summed E-state index contributed by atoms with van der Waals surface area (Å²) >= 11 is 5.90. The van der Waals surface area contributed by atoms with Gasteiger partial charge >= 0.3 is 0 Å². The molecular weight excluding hydrogens is 293 g/mol. The average Bonchev–Trinajstić information content (AvgIpc) is 2.95. The van der Waals surface area contributed by atoms with Crippen molar-refractivity contribution in [2.75, 3.05) is 5.32 Å². The Kier molecular flexibility index (Phi) is 3.83. The van der Waals surface area contributed by atoms with Crippen molar-refractivity contribution in [2.24, 2.45) is 0 Å². The molecule has 0 spiro atoms. The van der Waals surface area contributed by atoms with E-state index in [0.717, 1.165) is 5.69 Å². The highest BCUT2D eigenvalue weighted by Gasteiger charge is 2.08. The molecule has 0 bridgehead atoms. The third-order valence-electron chi connectivity index (χ3n) is 2.83. The van der Waals surface area contributed by atoms with Crippen molar-refractivity contribution in [2.45, 2.75) is 6.54 Å². The number of anilines is 1. The number of nitrogens with one attached hydrogen (secondary N) is 1. The Bertz CT molecular complexity index is 743. The summed E-state index contributed by atoms with van der Waals surface area (Å²) < 4.78 is 18.4. The fraction of sp³-hybridized carbons (Fsp3) is 0.0667. The number of nitrogens with zero attached hydrogens (tertiary/aromatic N) is 2. The second-order valence-electron chi connectivity index (χ2n) is 4.37. The van der Waals surface area contributed by atoms with Gasteiger partial charge in [-0.3, -0.25) is 0 Å². The number of benzene rings is 2. The quantitative estimate of drug-likeness (QED) is 0.787. The van der Waals surface area contributed by atoms with Crippen molar-refractivity contribution >= 4 is 17.3 Å². The van der Waals surface area contributed by atoms with Crippen LogP contribution >= 0.6 is 11.6 Å². The van der Waals surface area contributed by atoms with E-state index in [1.807, 2.05) is 12.1 Å². The molecule has 0 atom stereocenters. The molecule has 0 amide bonds. The topological polar surface area (TPSA) is 51.0 Å². The Morgan fingerprint density at radius 2 is 1.90 bits per heavy atom. The molecule has 106 valence electrons. The minimum absolute atomic E-state index is 0.305. The Morgan fingerprint density at radius 1 is 1.10 bits per heavy atom. The van der Waals surface area contributed by atoms with Crippen molar-refractivity contribution in [1.82, 2.24) is 10.2 Å². The molecule has 6 heteroatoms. The van der Waals surface area contributed by atoms with Gasteiger partial charge in [-0.05, 0) is 42.5 Å².